The Morgan fingerprint density at radius 3 is 2.58 bits per heavy atom. The van der Waals surface area contributed by atoms with E-state index in [-0.39, 0.29) is 12.7 Å². The zero-order chi connectivity index (χ0) is 21.4. The monoisotopic (exact) mass is 430 g/mol. The summed E-state index contributed by atoms with van der Waals surface area (Å²) in [5.41, 5.74) is 5.03. The molecule has 6 heteroatoms. The molecule has 0 bridgehead atoms. The highest BCUT2D eigenvalue weighted by atomic mass is 32.1. The molecule has 1 amide bonds. The van der Waals surface area contributed by atoms with E-state index in [1.165, 1.54) is 11.3 Å². The van der Waals surface area contributed by atoms with E-state index in [1.807, 2.05) is 68.4 Å². The van der Waals surface area contributed by atoms with E-state index in [0.717, 1.165) is 44.1 Å². The Labute approximate surface area is 184 Å². The van der Waals surface area contributed by atoms with Gasteiger partial charge in [0, 0.05) is 6.42 Å². The number of aryl methyl sites for hydroxylation is 3. The van der Waals surface area contributed by atoms with Gasteiger partial charge in [-0.3, -0.25) is 9.69 Å². The van der Waals surface area contributed by atoms with E-state index in [9.17, 15) is 4.79 Å². The number of hydrogen-bond donors (Lipinski definition) is 0. The third-order valence-corrected chi connectivity index (χ3v) is 6.27. The first kappa shape index (κ1) is 19.6. The molecule has 1 aromatic heterocycles. The number of benzene rings is 3. The molecule has 156 valence electrons. The Balaban J connectivity index is 1.46. The maximum absolute atomic E-state index is 13.5. The van der Waals surface area contributed by atoms with Crippen LogP contribution in [0.2, 0.25) is 0 Å². The van der Waals surface area contributed by atoms with Crippen LogP contribution in [0.4, 0.5) is 10.8 Å². The van der Waals surface area contributed by atoms with Crippen molar-refractivity contribution in [3.05, 3.63) is 77.4 Å². The Morgan fingerprint density at radius 2 is 1.77 bits per heavy atom. The Hall–Kier alpha value is -3.38. The van der Waals surface area contributed by atoms with E-state index < -0.39 is 0 Å². The molecule has 1 aliphatic heterocycles. The van der Waals surface area contributed by atoms with Gasteiger partial charge in [-0.25, -0.2) is 4.98 Å². The molecule has 5 rings (SSSR count). The number of carbonyl (C=O) groups excluding carboxylic acids is 1. The second-order valence-electron chi connectivity index (χ2n) is 7.73. The van der Waals surface area contributed by atoms with Crippen LogP contribution in [0.5, 0.6) is 11.5 Å². The summed E-state index contributed by atoms with van der Waals surface area (Å²) in [6, 6.07) is 20.0. The fraction of sp³-hybridized carbons (Fsp3) is 0.200. The summed E-state index contributed by atoms with van der Waals surface area (Å²) in [6.45, 7) is 4.34. The second-order valence-corrected chi connectivity index (χ2v) is 8.74. The quantitative estimate of drug-likeness (QED) is 0.393. The lowest BCUT2D eigenvalue weighted by Crippen LogP contribution is -2.26. The molecule has 0 saturated heterocycles. The maximum Gasteiger partial charge on any atom is 0.233 e. The molecule has 2 heterocycles. The largest absolute Gasteiger partial charge is 0.454 e. The first-order chi connectivity index (χ1) is 15.1. The van der Waals surface area contributed by atoms with Gasteiger partial charge in [-0.15, -0.1) is 0 Å². The molecule has 31 heavy (non-hydrogen) atoms. The van der Waals surface area contributed by atoms with E-state index in [1.54, 1.807) is 4.90 Å². The number of carbonyl (C=O) groups is 1. The summed E-state index contributed by atoms with van der Waals surface area (Å²) >= 11 is 1.54. The van der Waals surface area contributed by atoms with E-state index in [4.69, 9.17) is 14.5 Å². The molecule has 0 radical (unpaired) electrons. The summed E-state index contributed by atoms with van der Waals surface area (Å²) in [6.07, 6.45) is 0.976. The fourth-order valence-electron chi connectivity index (χ4n) is 3.86. The van der Waals surface area contributed by atoms with Gasteiger partial charge in [-0.2, -0.15) is 0 Å². The van der Waals surface area contributed by atoms with Gasteiger partial charge >= 0.3 is 0 Å². The zero-order valence-corrected chi connectivity index (χ0v) is 18.2. The van der Waals surface area contributed by atoms with Crippen LogP contribution in [-0.4, -0.2) is 17.7 Å². The van der Waals surface area contributed by atoms with Gasteiger partial charge in [-0.1, -0.05) is 35.6 Å². The topological polar surface area (TPSA) is 51.7 Å². The van der Waals surface area contributed by atoms with Crippen molar-refractivity contribution >= 4 is 38.3 Å². The van der Waals surface area contributed by atoms with Crippen LogP contribution in [0.1, 0.15) is 23.1 Å². The van der Waals surface area contributed by atoms with Crippen molar-refractivity contribution in [2.45, 2.75) is 26.7 Å². The van der Waals surface area contributed by atoms with Crippen LogP contribution in [0.3, 0.4) is 0 Å². The SMILES string of the molecule is Cc1cc(C)cc(N(C(=O)CCc2ccc3c(c2)OCO3)c2nc3ccccc3s2)c1. The van der Waals surface area contributed by atoms with Gasteiger partial charge in [0.05, 0.1) is 15.9 Å². The highest BCUT2D eigenvalue weighted by Gasteiger charge is 2.23. The normalized spacial score (nSPS) is 12.3. The summed E-state index contributed by atoms with van der Waals surface area (Å²) < 4.78 is 11.9. The molecule has 0 atom stereocenters. The van der Waals surface area contributed by atoms with E-state index >= 15 is 0 Å². The van der Waals surface area contributed by atoms with Gasteiger partial charge in [0.2, 0.25) is 12.7 Å². The predicted octanol–water partition coefficient (Wildman–Crippen LogP) is 5.94. The number of rotatable bonds is 5. The fourth-order valence-corrected chi connectivity index (χ4v) is 4.86. The van der Waals surface area contributed by atoms with Crippen molar-refractivity contribution in [3.63, 3.8) is 0 Å². The minimum atomic E-state index is 0.0155. The van der Waals surface area contributed by atoms with Crippen molar-refractivity contribution < 1.29 is 14.3 Å². The summed E-state index contributed by atoms with van der Waals surface area (Å²) in [5, 5.41) is 0.696. The zero-order valence-electron chi connectivity index (χ0n) is 17.4. The minimum Gasteiger partial charge on any atom is -0.454 e. The predicted molar refractivity (Wildman–Crippen MR) is 124 cm³/mol. The van der Waals surface area contributed by atoms with Crippen LogP contribution in [0.15, 0.2) is 60.7 Å². The van der Waals surface area contributed by atoms with Gasteiger partial charge in [-0.05, 0) is 73.4 Å². The number of para-hydroxylation sites is 1. The molecular formula is C25H22N2O3S. The molecule has 3 aromatic carbocycles. The van der Waals surface area contributed by atoms with Crippen LogP contribution >= 0.6 is 11.3 Å². The molecule has 5 nitrogen and oxygen atoms in total. The van der Waals surface area contributed by atoms with Crippen molar-refractivity contribution in [1.29, 1.82) is 0 Å². The lowest BCUT2D eigenvalue weighted by atomic mass is 10.1. The van der Waals surface area contributed by atoms with Crippen LogP contribution in [0.25, 0.3) is 10.2 Å². The summed E-state index contributed by atoms with van der Waals surface area (Å²) in [4.78, 5) is 20.0. The van der Waals surface area contributed by atoms with E-state index in [0.29, 0.717) is 18.0 Å². The summed E-state index contributed by atoms with van der Waals surface area (Å²) in [7, 11) is 0. The first-order valence-corrected chi connectivity index (χ1v) is 11.0. The molecule has 4 aromatic rings. The van der Waals surface area contributed by atoms with Gasteiger partial charge < -0.3 is 9.47 Å². The van der Waals surface area contributed by atoms with Crippen LogP contribution in [-0.2, 0) is 11.2 Å². The third-order valence-electron chi connectivity index (χ3n) is 5.25. The number of fused-ring (bicyclic) bond motifs is 2. The average Bonchev–Trinajstić information content (AvgIpc) is 3.38. The Morgan fingerprint density at radius 1 is 1.00 bits per heavy atom. The van der Waals surface area contributed by atoms with Gasteiger partial charge in [0.15, 0.2) is 16.6 Å². The van der Waals surface area contributed by atoms with Crippen molar-refractivity contribution in [2.75, 3.05) is 11.7 Å². The number of anilines is 2. The van der Waals surface area contributed by atoms with Gasteiger partial charge in [0.25, 0.3) is 0 Å². The Bertz CT molecular complexity index is 1230. The number of ether oxygens (including phenoxy) is 2. The standard InChI is InChI=1S/C25H22N2O3S/c1-16-11-17(2)13-19(12-16)27(25-26-20-5-3-4-6-23(20)31-25)24(28)10-8-18-7-9-21-22(14-18)30-15-29-21/h3-7,9,11-14H,8,10,15H2,1-2H3. The second kappa shape index (κ2) is 8.04. The van der Waals surface area contributed by atoms with E-state index in [2.05, 4.69) is 6.07 Å². The van der Waals surface area contributed by atoms with Crippen molar-refractivity contribution in [1.82, 2.24) is 4.98 Å². The highest BCUT2D eigenvalue weighted by Crippen LogP contribution is 2.36. The minimum absolute atomic E-state index is 0.0155. The molecule has 0 spiro atoms. The number of nitrogens with zero attached hydrogens (tertiary/aromatic N) is 2. The lowest BCUT2D eigenvalue weighted by molar-refractivity contribution is -0.117. The Kier molecular flexibility index (Phi) is 5.08. The maximum atomic E-state index is 13.5. The van der Waals surface area contributed by atoms with Crippen LogP contribution in [0, 0.1) is 13.8 Å². The molecule has 0 aliphatic carbocycles. The molecule has 0 unspecified atom stereocenters. The third kappa shape index (κ3) is 3.99. The molecule has 0 saturated carbocycles. The first-order valence-electron chi connectivity index (χ1n) is 10.2. The number of amides is 1. The van der Waals surface area contributed by atoms with Gasteiger partial charge in [0.1, 0.15) is 0 Å². The molecule has 1 aliphatic rings. The molecule has 0 fully saturated rings. The average molecular weight is 431 g/mol. The number of thiazole rings is 1. The molecular weight excluding hydrogens is 408 g/mol. The molecule has 0 N–H and O–H groups in total. The summed E-state index contributed by atoms with van der Waals surface area (Å²) in [5.74, 6) is 1.51. The number of hydrogen-bond acceptors (Lipinski definition) is 5. The van der Waals surface area contributed by atoms with Crippen molar-refractivity contribution in [2.24, 2.45) is 0 Å². The number of aromatic nitrogens is 1. The highest BCUT2D eigenvalue weighted by molar-refractivity contribution is 7.22. The smallest absolute Gasteiger partial charge is 0.233 e. The van der Waals surface area contributed by atoms with Crippen LogP contribution < -0.4 is 14.4 Å². The lowest BCUT2D eigenvalue weighted by Gasteiger charge is -2.21. The van der Waals surface area contributed by atoms with Crippen molar-refractivity contribution in [3.8, 4) is 11.5 Å².